The van der Waals surface area contributed by atoms with Crippen LogP contribution in [0.3, 0.4) is 0 Å². The molecule has 0 spiro atoms. The summed E-state index contributed by atoms with van der Waals surface area (Å²) in [6.45, 7) is 12.2. The first-order valence-corrected chi connectivity index (χ1v) is 11.5. The van der Waals surface area contributed by atoms with Crippen LogP contribution in [0.5, 0.6) is 0 Å². The van der Waals surface area contributed by atoms with Crippen LogP contribution in [0, 0.1) is 5.92 Å². The summed E-state index contributed by atoms with van der Waals surface area (Å²) in [6.07, 6.45) is 8.82. The molecule has 0 nitrogen and oxygen atoms in total. The van der Waals surface area contributed by atoms with E-state index in [0.717, 1.165) is 5.92 Å². The van der Waals surface area contributed by atoms with Crippen LogP contribution in [0.4, 0.5) is 0 Å². The van der Waals surface area contributed by atoms with Crippen LogP contribution in [0.25, 0.3) is 0 Å². The van der Waals surface area contributed by atoms with Gasteiger partial charge in [-0.3, -0.25) is 0 Å². The number of hydrogen-bond acceptors (Lipinski definition) is 0. The van der Waals surface area contributed by atoms with Crippen LogP contribution in [0.2, 0.25) is 24.2 Å². The molecule has 0 aromatic rings. The highest BCUT2D eigenvalue weighted by molar-refractivity contribution is 6.80. The van der Waals surface area contributed by atoms with Gasteiger partial charge in [0, 0.05) is 0 Å². The lowest BCUT2D eigenvalue weighted by Crippen LogP contribution is -2.31. The largest absolute Gasteiger partial charge is 0.0770 e. The van der Waals surface area contributed by atoms with Crippen LogP contribution in [-0.4, -0.2) is 8.07 Å². The van der Waals surface area contributed by atoms with Gasteiger partial charge in [0.15, 0.2) is 0 Å². The lowest BCUT2D eigenvalue weighted by molar-refractivity contribution is 0.355. The van der Waals surface area contributed by atoms with Crippen LogP contribution in [0.1, 0.15) is 73.1 Å². The van der Waals surface area contributed by atoms with Crippen molar-refractivity contribution in [3.8, 4) is 0 Å². The van der Waals surface area contributed by atoms with Gasteiger partial charge in [-0.1, -0.05) is 82.2 Å². The minimum Gasteiger partial charge on any atom is -0.0770 e. The molecule has 0 aliphatic heterocycles. The van der Waals surface area contributed by atoms with Crippen molar-refractivity contribution in [2.75, 3.05) is 0 Å². The second-order valence-corrected chi connectivity index (χ2v) is 12.5. The normalized spacial score (nSPS) is 19.4. The van der Waals surface area contributed by atoms with Crippen LogP contribution >= 0.6 is 0 Å². The van der Waals surface area contributed by atoms with Crippen LogP contribution < -0.4 is 0 Å². The summed E-state index contributed by atoms with van der Waals surface area (Å²) < 4.78 is 0. The molecule has 1 rings (SSSR count). The minimum atomic E-state index is -0.967. The second kappa shape index (κ2) is 8.29. The van der Waals surface area contributed by atoms with Crippen molar-refractivity contribution in [2.45, 2.75) is 97.3 Å². The predicted octanol–water partition coefficient (Wildman–Crippen LogP) is 6.80. The number of allylic oxidation sites excluding steroid dienone is 2. The first kappa shape index (κ1) is 17.0. The first-order valence-electron chi connectivity index (χ1n) is 8.72. The van der Waals surface area contributed by atoms with Gasteiger partial charge in [0.2, 0.25) is 0 Å². The van der Waals surface area contributed by atoms with Crippen molar-refractivity contribution in [3.05, 3.63) is 11.1 Å². The summed E-state index contributed by atoms with van der Waals surface area (Å²) in [5, 5.41) is 0. The number of hydrogen-bond donors (Lipinski definition) is 0. The van der Waals surface area contributed by atoms with Gasteiger partial charge in [0.25, 0.3) is 0 Å². The molecule has 1 fully saturated rings. The topological polar surface area (TPSA) is 0 Å². The molecule has 19 heavy (non-hydrogen) atoms. The van der Waals surface area contributed by atoms with Gasteiger partial charge in [0.1, 0.15) is 0 Å². The molecule has 0 unspecified atom stereocenters. The van der Waals surface area contributed by atoms with Gasteiger partial charge in [-0.25, -0.2) is 0 Å². The molecule has 0 aromatic carbocycles. The third-order valence-electron chi connectivity index (χ3n) is 5.94. The molecular formula is C18H36Si. The molecule has 0 heterocycles. The minimum absolute atomic E-state index is 0.967. The van der Waals surface area contributed by atoms with Crippen molar-refractivity contribution in [2.24, 2.45) is 5.92 Å². The van der Waals surface area contributed by atoms with E-state index < -0.39 is 8.07 Å². The average Bonchev–Trinajstić information content (AvgIpc) is 2.45. The van der Waals surface area contributed by atoms with Gasteiger partial charge in [-0.15, -0.1) is 0 Å². The molecule has 0 amide bonds. The van der Waals surface area contributed by atoms with E-state index in [9.17, 15) is 0 Å². The van der Waals surface area contributed by atoms with Crippen molar-refractivity contribution < 1.29 is 0 Å². The molecule has 0 N–H and O–H groups in total. The lowest BCUT2D eigenvalue weighted by atomic mass is 9.84. The highest BCUT2D eigenvalue weighted by Gasteiger charge is 2.27. The molecule has 1 aliphatic carbocycles. The zero-order valence-electron chi connectivity index (χ0n) is 14.1. The molecule has 1 saturated carbocycles. The summed E-state index contributed by atoms with van der Waals surface area (Å²) in [5.74, 6) is 1.00. The highest BCUT2D eigenvalue weighted by Crippen LogP contribution is 2.33. The number of rotatable bonds is 7. The Balaban J connectivity index is 2.61. The quantitative estimate of drug-likeness (QED) is 0.355. The van der Waals surface area contributed by atoms with Gasteiger partial charge >= 0.3 is 0 Å². The zero-order valence-corrected chi connectivity index (χ0v) is 15.1. The average molecular weight is 281 g/mol. The monoisotopic (exact) mass is 280 g/mol. The van der Waals surface area contributed by atoms with E-state index in [1.165, 1.54) is 62.7 Å². The predicted molar refractivity (Wildman–Crippen MR) is 91.6 cm³/mol. The molecule has 0 atom stereocenters. The van der Waals surface area contributed by atoms with Crippen molar-refractivity contribution in [1.82, 2.24) is 0 Å². The molecule has 1 heteroatoms. The van der Waals surface area contributed by atoms with Crippen molar-refractivity contribution >= 4 is 8.07 Å². The van der Waals surface area contributed by atoms with E-state index in [4.69, 9.17) is 0 Å². The maximum atomic E-state index is 2.43. The summed E-state index contributed by atoms with van der Waals surface area (Å²) in [7, 11) is -0.967. The fraction of sp³-hybridized carbons (Fsp3) is 0.889. The molecule has 0 bridgehead atoms. The Labute approximate surface area is 123 Å². The second-order valence-electron chi connectivity index (χ2n) is 7.01. The van der Waals surface area contributed by atoms with Gasteiger partial charge in [-0.05, 0) is 32.2 Å². The summed E-state index contributed by atoms with van der Waals surface area (Å²) >= 11 is 0. The van der Waals surface area contributed by atoms with Gasteiger partial charge in [-0.2, -0.15) is 0 Å². The van der Waals surface area contributed by atoms with E-state index in [1.807, 2.05) is 0 Å². The fourth-order valence-electron chi connectivity index (χ4n) is 3.84. The smallest absolute Gasteiger partial charge is 0.0567 e. The van der Waals surface area contributed by atoms with E-state index in [0.29, 0.717) is 0 Å². The van der Waals surface area contributed by atoms with E-state index in [2.05, 4.69) is 34.6 Å². The SMILES string of the molecule is CC[Si](CC)(CC)C/C(C)=C(\C)CC1CCCCC1. The van der Waals surface area contributed by atoms with Crippen molar-refractivity contribution in [1.29, 1.82) is 0 Å². The Hall–Kier alpha value is -0.0431. The molecular weight excluding hydrogens is 244 g/mol. The highest BCUT2D eigenvalue weighted by atomic mass is 28.3. The maximum Gasteiger partial charge on any atom is 0.0567 e. The van der Waals surface area contributed by atoms with Gasteiger partial charge in [0.05, 0.1) is 8.07 Å². The zero-order chi connectivity index (χ0) is 14.3. The molecule has 112 valence electrons. The van der Waals surface area contributed by atoms with Crippen molar-refractivity contribution in [3.63, 3.8) is 0 Å². The maximum absolute atomic E-state index is 2.43. The molecule has 0 aromatic heterocycles. The lowest BCUT2D eigenvalue weighted by Gasteiger charge is -2.30. The summed E-state index contributed by atoms with van der Waals surface area (Å²) in [4.78, 5) is 0. The Morgan fingerprint density at radius 1 is 0.842 bits per heavy atom. The van der Waals surface area contributed by atoms with E-state index in [1.54, 1.807) is 11.1 Å². The summed E-state index contributed by atoms with van der Waals surface area (Å²) in [6, 6.07) is 5.87. The molecule has 0 radical (unpaired) electrons. The summed E-state index contributed by atoms with van der Waals surface area (Å²) in [5.41, 5.74) is 3.49. The van der Waals surface area contributed by atoms with E-state index in [-0.39, 0.29) is 0 Å². The Bertz CT molecular complexity index is 272. The fourth-order valence-corrected chi connectivity index (χ4v) is 7.51. The van der Waals surface area contributed by atoms with E-state index >= 15 is 0 Å². The van der Waals surface area contributed by atoms with Crippen LogP contribution in [-0.2, 0) is 0 Å². The molecule has 0 saturated heterocycles. The Morgan fingerprint density at radius 3 is 1.84 bits per heavy atom. The van der Waals surface area contributed by atoms with Crippen LogP contribution in [0.15, 0.2) is 11.1 Å². The standard InChI is InChI=1S/C18H36Si/c1-6-19(7-2,8-3)15-17(5)16(4)14-18-12-10-9-11-13-18/h18H,6-15H2,1-5H3/b17-16+. The third kappa shape index (κ3) is 5.09. The molecule has 1 aliphatic rings. The Morgan fingerprint density at radius 2 is 1.37 bits per heavy atom. The third-order valence-corrected chi connectivity index (χ3v) is 11.7. The first-order chi connectivity index (χ1) is 9.06. The van der Waals surface area contributed by atoms with Gasteiger partial charge < -0.3 is 0 Å². The Kier molecular flexibility index (Phi) is 7.42.